The van der Waals surface area contributed by atoms with Crippen molar-refractivity contribution in [3.8, 4) is 0 Å². The third kappa shape index (κ3) is 4.70. The number of halogens is 2. The number of benzene rings is 1. The van der Waals surface area contributed by atoms with Crippen LogP contribution in [0.1, 0.15) is 32.3 Å². The minimum atomic E-state index is -0.488. The molecular weight excluding hydrogens is 234 g/mol. The van der Waals surface area contributed by atoms with Gasteiger partial charge in [-0.1, -0.05) is 6.07 Å². The minimum Gasteiger partial charge on any atom is -0.317 e. The Morgan fingerprint density at radius 3 is 2.17 bits per heavy atom. The molecule has 1 aromatic carbocycles. The van der Waals surface area contributed by atoms with Gasteiger partial charge >= 0.3 is 0 Å². The van der Waals surface area contributed by atoms with Crippen LogP contribution < -0.4 is 10.6 Å². The van der Waals surface area contributed by atoms with Crippen LogP contribution in [0, 0.1) is 11.6 Å². The van der Waals surface area contributed by atoms with Crippen molar-refractivity contribution in [2.24, 2.45) is 0 Å². The Kier molecular flexibility index (Phi) is 6.22. The zero-order chi connectivity index (χ0) is 13.5. The molecular formula is C14H22F2N2. The van der Waals surface area contributed by atoms with Gasteiger partial charge in [-0.3, -0.25) is 0 Å². The van der Waals surface area contributed by atoms with E-state index in [2.05, 4.69) is 17.6 Å². The van der Waals surface area contributed by atoms with Gasteiger partial charge in [0, 0.05) is 24.2 Å². The summed E-state index contributed by atoms with van der Waals surface area (Å²) in [6.07, 6.45) is 2.00. The Morgan fingerprint density at radius 1 is 1.06 bits per heavy atom. The van der Waals surface area contributed by atoms with Gasteiger partial charge in [-0.15, -0.1) is 0 Å². The molecule has 0 radical (unpaired) electrons. The molecule has 102 valence electrons. The van der Waals surface area contributed by atoms with Crippen LogP contribution in [0.15, 0.2) is 18.2 Å². The lowest BCUT2D eigenvalue weighted by Crippen LogP contribution is -2.29. The van der Waals surface area contributed by atoms with Crippen molar-refractivity contribution in [1.82, 2.24) is 10.6 Å². The first-order valence-corrected chi connectivity index (χ1v) is 6.38. The molecule has 0 spiro atoms. The van der Waals surface area contributed by atoms with Gasteiger partial charge in [0.15, 0.2) is 0 Å². The summed E-state index contributed by atoms with van der Waals surface area (Å²) in [5.74, 6) is -0.975. The van der Waals surface area contributed by atoms with E-state index in [4.69, 9.17) is 0 Å². The van der Waals surface area contributed by atoms with E-state index in [9.17, 15) is 8.78 Å². The average molecular weight is 256 g/mol. The van der Waals surface area contributed by atoms with Crippen LogP contribution in [-0.4, -0.2) is 19.1 Å². The fourth-order valence-corrected chi connectivity index (χ4v) is 1.72. The molecule has 0 bridgehead atoms. The highest BCUT2D eigenvalue weighted by Gasteiger charge is 2.10. The fraction of sp³-hybridized carbons (Fsp3) is 0.571. The van der Waals surface area contributed by atoms with E-state index >= 15 is 0 Å². The number of nitrogens with one attached hydrogen (secondary N) is 2. The third-order valence-electron chi connectivity index (χ3n) is 3.21. The average Bonchev–Trinajstić information content (AvgIpc) is 2.35. The molecule has 0 saturated heterocycles. The molecule has 4 heteroatoms. The summed E-state index contributed by atoms with van der Waals surface area (Å²) in [6, 6.07) is 4.65. The van der Waals surface area contributed by atoms with Crippen LogP contribution in [0.25, 0.3) is 0 Å². The molecule has 2 nitrogen and oxygen atoms in total. The van der Waals surface area contributed by atoms with Crippen molar-refractivity contribution < 1.29 is 8.78 Å². The van der Waals surface area contributed by atoms with Crippen LogP contribution in [0.3, 0.4) is 0 Å². The molecule has 0 saturated carbocycles. The van der Waals surface area contributed by atoms with Crippen molar-refractivity contribution in [3.63, 3.8) is 0 Å². The van der Waals surface area contributed by atoms with Crippen molar-refractivity contribution in [1.29, 1.82) is 0 Å². The zero-order valence-electron chi connectivity index (χ0n) is 11.3. The lowest BCUT2D eigenvalue weighted by Gasteiger charge is -2.17. The summed E-state index contributed by atoms with van der Waals surface area (Å²) >= 11 is 0. The Hall–Kier alpha value is -1.00. The van der Waals surface area contributed by atoms with Crippen molar-refractivity contribution in [2.75, 3.05) is 7.05 Å². The van der Waals surface area contributed by atoms with Crippen LogP contribution in [0.4, 0.5) is 8.78 Å². The summed E-state index contributed by atoms with van der Waals surface area (Å²) in [4.78, 5) is 0. The maximum Gasteiger partial charge on any atom is 0.130 e. The third-order valence-corrected chi connectivity index (χ3v) is 3.21. The molecule has 2 N–H and O–H groups in total. The van der Waals surface area contributed by atoms with Crippen molar-refractivity contribution in [3.05, 3.63) is 35.4 Å². The molecule has 0 fully saturated rings. The van der Waals surface area contributed by atoms with E-state index in [1.54, 1.807) is 0 Å². The molecule has 1 unspecified atom stereocenters. The van der Waals surface area contributed by atoms with Crippen LogP contribution in [0.5, 0.6) is 0 Å². The number of rotatable bonds is 7. The maximum atomic E-state index is 13.4. The van der Waals surface area contributed by atoms with Gasteiger partial charge < -0.3 is 10.6 Å². The predicted molar refractivity (Wildman–Crippen MR) is 70.4 cm³/mol. The van der Waals surface area contributed by atoms with Gasteiger partial charge in [-0.2, -0.15) is 0 Å². The van der Waals surface area contributed by atoms with E-state index in [-0.39, 0.29) is 18.2 Å². The molecule has 0 aromatic heterocycles. The Bertz CT molecular complexity index is 349. The molecule has 0 amide bonds. The van der Waals surface area contributed by atoms with Gasteiger partial charge in [0.25, 0.3) is 0 Å². The fourth-order valence-electron chi connectivity index (χ4n) is 1.72. The van der Waals surface area contributed by atoms with Crippen molar-refractivity contribution in [2.45, 2.75) is 45.3 Å². The smallest absolute Gasteiger partial charge is 0.130 e. The quantitative estimate of drug-likeness (QED) is 0.784. The molecule has 0 aliphatic carbocycles. The predicted octanol–water partition coefficient (Wildman–Crippen LogP) is 2.83. The molecule has 2 atom stereocenters. The van der Waals surface area contributed by atoms with Gasteiger partial charge in [0.05, 0.1) is 0 Å². The molecule has 1 rings (SSSR count). The van der Waals surface area contributed by atoms with E-state index in [1.807, 2.05) is 14.0 Å². The summed E-state index contributed by atoms with van der Waals surface area (Å²) in [5, 5.41) is 6.32. The van der Waals surface area contributed by atoms with Crippen LogP contribution in [0.2, 0.25) is 0 Å². The zero-order valence-corrected chi connectivity index (χ0v) is 11.3. The van der Waals surface area contributed by atoms with Crippen LogP contribution >= 0.6 is 0 Å². The van der Waals surface area contributed by atoms with Crippen LogP contribution in [-0.2, 0) is 6.54 Å². The number of hydrogen-bond acceptors (Lipinski definition) is 2. The largest absolute Gasteiger partial charge is 0.317 e. The van der Waals surface area contributed by atoms with Gasteiger partial charge in [0.1, 0.15) is 11.6 Å². The lowest BCUT2D eigenvalue weighted by molar-refractivity contribution is 0.441. The molecule has 18 heavy (non-hydrogen) atoms. The van der Waals surface area contributed by atoms with Gasteiger partial charge in [-0.05, 0) is 45.9 Å². The monoisotopic (exact) mass is 256 g/mol. The van der Waals surface area contributed by atoms with E-state index in [0.717, 1.165) is 12.8 Å². The second kappa shape index (κ2) is 7.44. The topological polar surface area (TPSA) is 24.1 Å². The normalized spacial score (nSPS) is 14.5. The first-order chi connectivity index (χ1) is 8.54. The molecule has 1 aromatic rings. The summed E-state index contributed by atoms with van der Waals surface area (Å²) in [5.41, 5.74) is 0.117. The highest BCUT2D eigenvalue weighted by atomic mass is 19.1. The van der Waals surface area contributed by atoms with Gasteiger partial charge in [-0.25, -0.2) is 8.78 Å². The highest BCUT2D eigenvalue weighted by molar-refractivity contribution is 5.19. The number of hydrogen-bond donors (Lipinski definition) is 2. The van der Waals surface area contributed by atoms with E-state index in [0.29, 0.717) is 6.04 Å². The molecule has 0 aliphatic heterocycles. The van der Waals surface area contributed by atoms with Gasteiger partial charge in [0.2, 0.25) is 0 Å². The second-order valence-corrected chi connectivity index (χ2v) is 4.75. The van der Waals surface area contributed by atoms with E-state index in [1.165, 1.54) is 18.2 Å². The maximum absolute atomic E-state index is 13.4. The lowest BCUT2D eigenvalue weighted by atomic mass is 10.1. The SMILES string of the molecule is CN[C@@H](C)CCC(C)NCc1c(F)cccc1F. The molecule has 0 aliphatic rings. The second-order valence-electron chi connectivity index (χ2n) is 4.75. The highest BCUT2D eigenvalue weighted by Crippen LogP contribution is 2.12. The van der Waals surface area contributed by atoms with E-state index < -0.39 is 11.6 Å². The Morgan fingerprint density at radius 2 is 1.61 bits per heavy atom. The first kappa shape index (κ1) is 15.1. The Labute approximate surface area is 108 Å². The standard InChI is InChI=1S/C14H22F2N2/c1-10(17-3)7-8-11(2)18-9-12-13(15)5-4-6-14(12)16/h4-6,10-11,17-18H,7-9H2,1-3H3/t10-,11?/m0/s1. The first-order valence-electron chi connectivity index (χ1n) is 6.38. The summed E-state index contributed by atoms with van der Waals surface area (Å²) < 4.78 is 26.8. The molecule has 0 heterocycles. The summed E-state index contributed by atoms with van der Waals surface area (Å²) in [6.45, 7) is 4.37. The minimum absolute atomic E-state index is 0.117. The van der Waals surface area contributed by atoms with Crippen molar-refractivity contribution >= 4 is 0 Å². The summed E-state index contributed by atoms with van der Waals surface area (Å²) in [7, 11) is 1.93. The Balaban J connectivity index is 2.40.